The molecule has 1 aliphatic heterocycles. The lowest BCUT2D eigenvalue weighted by molar-refractivity contribution is -0.140. The average Bonchev–Trinajstić information content (AvgIpc) is 2.80. The van der Waals surface area contributed by atoms with Crippen molar-refractivity contribution in [2.75, 3.05) is 58.6 Å². The first kappa shape index (κ1) is 27.6. The van der Waals surface area contributed by atoms with E-state index in [1.807, 2.05) is 14.1 Å². The Bertz CT molecular complexity index is 1330. The Hall–Kier alpha value is -3.38. The van der Waals surface area contributed by atoms with Gasteiger partial charge in [-0.1, -0.05) is 0 Å². The molecule has 0 aliphatic carbocycles. The van der Waals surface area contributed by atoms with Crippen LogP contribution in [-0.2, 0) is 10.9 Å². The molecule has 0 saturated carbocycles. The maximum Gasteiger partial charge on any atom is 0.419 e. The van der Waals surface area contributed by atoms with Crippen LogP contribution in [0, 0.1) is 18.2 Å². The molecule has 38 heavy (non-hydrogen) atoms. The standard InChI is InChI=1S/C26H31F4N5O3/c1-14(17-6-16(31)7-19(23(17)27)26(28,29)30)32-24-18-8-22(21(36-5)9-20(18)33-15(2)34-24)38-13-25(10-35(3)4)11-37-12-25/h6-9,14H,10-13,31H2,1-5H3,(H,32,33,34)/t14-/m1/s1. The Kier molecular flexibility index (Phi) is 7.57. The maximum atomic E-state index is 14.9. The van der Waals surface area contributed by atoms with Gasteiger partial charge in [-0.15, -0.1) is 0 Å². The van der Waals surface area contributed by atoms with Gasteiger partial charge < -0.3 is 30.2 Å². The average molecular weight is 538 g/mol. The third-order valence-electron chi connectivity index (χ3n) is 6.34. The first-order valence-electron chi connectivity index (χ1n) is 12.0. The van der Waals surface area contributed by atoms with Crippen LogP contribution in [0.25, 0.3) is 10.9 Å². The van der Waals surface area contributed by atoms with Gasteiger partial charge in [-0.05, 0) is 46.1 Å². The minimum Gasteiger partial charge on any atom is -0.493 e. The number of fused-ring (bicyclic) bond motifs is 1. The van der Waals surface area contributed by atoms with Gasteiger partial charge in [0.05, 0.1) is 49.5 Å². The summed E-state index contributed by atoms with van der Waals surface area (Å²) < 4.78 is 72.1. The van der Waals surface area contributed by atoms with E-state index in [-0.39, 0.29) is 16.7 Å². The highest BCUT2D eigenvalue weighted by Gasteiger charge is 2.40. The molecular weight excluding hydrogens is 506 g/mol. The number of halogens is 4. The Morgan fingerprint density at radius 3 is 2.45 bits per heavy atom. The molecule has 1 saturated heterocycles. The first-order valence-corrected chi connectivity index (χ1v) is 12.0. The number of nitrogens with two attached hydrogens (primary N) is 1. The van der Waals surface area contributed by atoms with E-state index in [2.05, 4.69) is 20.2 Å². The van der Waals surface area contributed by atoms with Crippen molar-refractivity contribution in [1.82, 2.24) is 14.9 Å². The summed E-state index contributed by atoms with van der Waals surface area (Å²) in [6.07, 6.45) is -4.88. The molecule has 0 radical (unpaired) electrons. The quantitative estimate of drug-likeness (QED) is 0.297. The summed E-state index contributed by atoms with van der Waals surface area (Å²) in [4.78, 5) is 11.0. The first-order chi connectivity index (χ1) is 17.8. The Morgan fingerprint density at radius 2 is 1.87 bits per heavy atom. The van der Waals surface area contributed by atoms with Crippen LogP contribution in [0.2, 0.25) is 0 Å². The highest BCUT2D eigenvalue weighted by Crippen LogP contribution is 2.39. The van der Waals surface area contributed by atoms with Gasteiger partial charge in [0.1, 0.15) is 17.5 Å². The molecule has 12 heteroatoms. The molecule has 1 aromatic heterocycles. The number of anilines is 2. The van der Waals surface area contributed by atoms with Crippen molar-refractivity contribution in [3.63, 3.8) is 0 Å². The number of hydrogen-bond donors (Lipinski definition) is 2. The zero-order valence-electron chi connectivity index (χ0n) is 21.9. The molecule has 1 fully saturated rings. The molecule has 3 aromatic rings. The second-order valence-corrected chi connectivity index (χ2v) is 9.99. The van der Waals surface area contributed by atoms with Crippen LogP contribution in [0.5, 0.6) is 11.5 Å². The smallest absolute Gasteiger partial charge is 0.419 e. The minimum absolute atomic E-state index is 0.163. The normalized spacial score (nSPS) is 15.8. The molecule has 2 aromatic carbocycles. The van der Waals surface area contributed by atoms with Crippen molar-refractivity contribution in [2.45, 2.75) is 26.1 Å². The Balaban J connectivity index is 1.70. The number of nitrogens with one attached hydrogen (secondary N) is 1. The van der Waals surface area contributed by atoms with Gasteiger partial charge in [-0.2, -0.15) is 13.2 Å². The summed E-state index contributed by atoms with van der Waals surface area (Å²) in [5, 5.41) is 3.57. The predicted octanol–water partition coefficient (Wildman–Crippen LogP) is 4.82. The zero-order chi connectivity index (χ0) is 27.8. The monoisotopic (exact) mass is 537 g/mol. The topological polar surface area (TPSA) is 94.8 Å². The van der Waals surface area contributed by atoms with Crippen LogP contribution >= 0.6 is 0 Å². The predicted molar refractivity (Wildman–Crippen MR) is 136 cm³/mol. The van der Waals surface area contributed by atoms with Gasteiger partial charge in [0.25, 0.3) is 0 Å². The lowest BCUT2D eigenvalue weighted by Gasteiger charge is -2.42. The number of aryl methyl sites for hydroxylation is 1. The van der Waals surface area contributed by atoms with E-state index in [1.165, 1.54) is 20.1 Å². The second-order valence-electron chi connectivity index (χ2n) is 9.99. The van der Waals surface area contributed by atoms with E-state index >= 15 is 0 Å². The highest BCUT2D eigenvalue weighted by molar-refractivity contribution is 5.92. The van der Waals surface area contributed by atoms with Crippen LogP contribution in [-0.4, -0.2) is 62.4 Å². The molecule has 1 aliphatic rings. The van der Waals surface area contributed by atoms with E-state index < -0.39 is 23.6 Å². The van der Waals surface area contributed by atoms with Crippen LogP contribution in [0.15, 0.2) is 24.3 Å². The van der Waals surface area contributed by atoms with Crippen molar-refractivity contribution in [3.05, 3.63) is 47.0 Å². The molecular formula is C26H31F4N5O3. The third-order valence-corrected chi connectivity index (χ3v) is 6.34. The molecule has 0 spiro atoms. The summed E-state index contributed by atoms with van der Waals surface area (Å²) in [6, 6.07) is 4.28. The molecule has 2 heterocycles. The van der Waals surface area contributed by atoms with Crippen molar-refractivity contribution < 1.29 is 31.8 Å². The zero-order valence-corrected chi connectivity index (χ0v) is 21.9. The fraction of sp³-hybridized carbons (Fsp3) is 0.462. The number of nitrogens with zero attached hydrogens (tertiary/aromatic N) is 3. The van der Waals surface area contributed by atoms with Crippen LogP contribution < -0.4 is 20.5 Å². The Morgan fingerprint density at radius 1 is 1.16 bits per heavy atom. The van der Waals surface area contributed by atoms with Crippen molar-refractivity contribution >= 4 is 22.4 Å². The largest absolute Gasteiger partial charge is 0.493 e. The van der Waals surface area contributed by atoms with Crippen LogP contribution in [0.3, 0.4) is 0 Å². The van der Waals surface area contributed by atoms with Gasteiger partial charge in [-0.25, -0.2) is 14.4 Å². The van der Waals surface area contributed by atoms with Gasteiger partial charge >= 0.3 is 6.18 Å². The molecule has 1 atom stereocenters. The summed E-state index contributed by atoms with van der Waals surface area (Å²) in [5.41, 5.74) is 4.19. The number of alkyl halides is 3. The van der Waals surface area contributed by atoms with Crippen molar-refractivity contribution in [1.29, 1.82) is 0 Å². The Labute approximate surface area is 218 Å². The van der Waals surface area contributed by atoms with Crippen LogP contribution in [0.1, 0.15) is 29.9 Å². The van der Waals surface area contributed by atoms with Gasteiger partial charge in [-0.3, -0.25) is 0 Å². The van der Waals surface area contributed by atoms with Gasteiger partial charge in [0.2, 0.25) is 0 Å². The molecule has 0 bridgehead atoms. The van der Waals surface area contributed by atoms with E-state index in [1.54, 1.807) is 19.1 Å². The molecule has 206 valence electrons. The summed E-state index contributed by atoms with van der Waals surface area (Å²) in [6.45, 7) is 5.51. The molecule has 0 unspecified atom stereocenters. The lowest BCUT2D eigenvalue weighted by Crippen LogP contribution is -2.53. The SMILES string of the molecule is COc1cc2nc(C)nc(N[C@H](C)c3cc(N)cc(C(F)(F)F)c3F)c2cc1OCC1(CN(C)C)COC1. The fourth-order valence-corrected chi connectivity index (χ4v) is 4.62. The number of hydrogen-bond acceptors (Lipinski definition) is 8. The summed E-state index contributed by atoms with van der Waals surface area (Å²) >= 11 is 0. The number of benzene rings is 2. The highest BCUT2D eigenvalue weighted by atomic mass is 19.4. The number of rotatable bonds is 9. The van der Waals surface area contributed by atoms with Crippen LogP contribution in [0.4, 0.5) is 29.1 Å². The van der Waals surface area contributed by atoms with E-state index in [9.17, 15) is 17.6 Å². The van der Waals surface area contributed by atoms with E-state index in [4.69, 9.17) is 19.9 Å². The molecule has 3 N–H and O–H groups in total. The van der Waals surface area contributed by atoms with Crippen molar-refractivity contribution in [3.8, 4) is 11.5 Å². The molecule has 4 rings (SSSR count). The fourth-order valence-electron chi connectivity index (χ4n) is 4.62. The minimum atomic E-state index is -4.88. The lowest BCUT2D eigenvalue weighted by atomic mass is 9.86. The number of aromatic nitrogens is 2. The summed E-state index contributed by atoms with van der Waals surface area (Å²) in [7, 11) is 5.48. The van der Waals surface area contributed by atoms with Crippen molar-refractivity contribution in [2.24, 2.45) is 5.41 Å². The molecule has 0 amide bonds. The number of nitrogen functional groups attached to an aromatic ring is 1. The van der Waals surface area contributed by atoms with Gasteiger partial charge in [0, 0.05) is 29.2 Å². The van der Waals surface area contributed by atoms with Gasteiger partial charge in [0.15, 0.2) is 11.5 Å². The van der Waals surface area contributed by atoms with E-state index in [0.717, 1.165) is 6.54 Å². The summed E-state index contributed by atoms with van der Waals surface area (Å²) in [5.74, 6) is 0.233. The number of methoxy groups -OCH3 is 1. The van der Waals surface area contributed by atoms with E-state index in [0.29, 0.717) is 59.9 Å². The maximum absolute atomic E-state index is 14.9. The second kappa shape index (κ2) is 10.4. The number of ether oxygens (including phenoxy) is 3. The third kappa shape index (κ3) is 5.70. The molecule has 8 nitrogen and oxygen atoms in total.